The first-order chi connectivity index (χ1) is 27.3. The maximum Gasteiger partial charge on any atom is 0.119 e. The van der Waals surface area contributed by atoms with Gasteiger partial charge in [-0.3, -0.25) is 0 Å². The van der Waals surface area contributed by atoms with Crippen molar-refractivity contribution in [2.75, 3.05) is 5.75 Å². The molecule has 7 heteroatoms. The Bertz CT molecular complexity index is 1520. The van der Waals surface area contributed by atoms with Crippen molar-refractivity contribution in [1.29, 1.82) is 0 Å². The van der Waals surface area contributed by atoms with E-state index in [-0.39, 0.29) is 10.8 Å². The maximum atomic E-state index is 10.3. The van der Waals surface area contributed by atoms with Crippen LogP contribution in [0.15, 0.2) is 36.4 Å². The van der Waals surface area contributed by atoms with E-state index >= 15 is 0 Å². The van der Waals surface area contributed by atoms with Gasteiger partial charge in [-0.2, -0.15) is 58.8 Å². The molecule has 9 unspecified atom stereocenters. The van der Waals surface area contributed by atoms with E-state index in [0.717, 1.165) is 71.2 Å². The summed E-state index contributed by atoms with van der Waals surface area (Å²) in [5.41, 5.74) is 4.68. The number of phenolic OH excluding ortho intramolecular Hbond substituents is 2. The largest absolute Gasteiger partial charge is 0.508 e. The van der Waals surface area contributed by atoms with Crippen molar-refractivity contribution >= 4 is 58.8 Å². The summed E-state index contributed by atoms with van der Waals surface area (Å²) in [5, 5.41) is 29.5. The third-order valence-corrected chi connectivity index (χ3v) is 20.8. The Balaban J connectivity index is 0.000000193. The van der Waals surface area contributed by atoms with Crippen LogP contribution < -0.4 is 0 Å². The van der Waals surface area contributed by atoms with E-state index in [1.807, 2.05) is 12.1 Å². The fourth-order valence-electron chi connectivity index (χ4n) is 9.18. The number of unbranched alkanes of at least 4 members (excludes halogenated alkanes) is 8. The summed E-state index contributed by atoms with van der Waals surface area (Å²) in [4.78, 5) is 0. The summed E-state index contributed by atoms with van der Waals surface area (Å²) in [7, 11) is 0. The van der Waals surface area contributed by atoms with Crippen LogP contribution in [0.4, 0.5) is 0 Å². The molecule has 0 spiro atoms. The molecular weight excluding hydrogens is 793 g/mol. The Hall–Kier alpha value is -0.210. The maximum absolute atomic E-state index is 10.3. The first-order valence-electron chi connectivity index (χ1n) is 23.2. The van der Waals surface area contributed by atoms with Crippen LogP contribution in [0.3, 0.4) is 0 Å². The molecule has 0 aliphatic carbocycles. The summed E-state index contributed by atoms with van der Waals surface area (Å²) in [6.45, 7) is 15.3. The second-order valence-electron chi connectivity index (χ2n) is 20.1. The molecule has 0 saturated carbocycles. The summed E-state index contributed by atoms with van der Waals surface area (Å²) >= 11 is 11.3. The molecule has 6 heterocycles. The highest BCUT2D eigenvalue weighted by Gasteiger charge is 2.48. The van der Waals surface area contributed by atoms with E-state index in [1.165, 1.54) is 126 Å². The van der Waals surface area contributed by atoms with Crippen LogP contribution in [0.2, 0.25) is 0 Å². The molecular formula is C50H78O2S5. The summed E-state index contributed by atoms with van der Waals surface area (Å²) in [5.74, 6) is 2.37. The monoisotopic (exact) mass is 870 g/mol. The Morgan fingerprint density at radius 3 is 1.44 bits per heavy atom. The van der Waals surface area contributed by atoms with Gasteiger partial charge in [-0.1, -0.05) is 131 Å². The smallest absolute Gasteiger partial charge is 0.119 e. The van der Waals surface area contributed by atoms with Gasteiger partial charge in [0.05, 0.1) is 0 Å². The van der Waals surface area contributed by atoms with Gasteiger partial charge in [-0.25, -0.2) is 0 Å². The molecule has 57 heavy (non-hydrogen) atoms. The first-order valence-corrected chi connectivity index (χ1v) is 28.0. The van der Waals surface area contributed by atoms with Gasteiger partial charge < -0.3 is 10.2 Å². The number of aromatic hydroxyl groups is 2. The topological polar surface area (TPSA) is 40.5 Å². The Labute approximate surface area is 371 Å². The molecule has 6 saturated heterocycles. The van der Waals surface area contributed by atoms with Gasteiger partial charge in [0.2, 0.25) is 0 Å². The van der Waals surface area contributed by atoms with Gasteiger partial charge in [-0.15, -0.1) is 0 Å². The zero-order chi connectivity index (χ0) is 40.6. The Morgan fingerprint density at radius 1 is 0.526 bits per heavy atom. The fourth-order valence-corrected chi connectivity index (χ4v) is 16.3. The quantitative estimate of drug-likeness (QED) is 0.0902. The van der Waals surface area contributed by atoms with Crippen LogP contribution in [0.1, 0.15) is 180 Å². The second-order valence-corrected chi connectivity index (χ2v) is 27.4. The third kappa shape index (κ3) is 15.0. The lowest BCUT2D eigenvalue weighted by Crippen LogP contribution is -2.47. The number of benzene rings is 2. The minimum absolute atomic E-state index is 0.00862. The molecule has 8 rings (SSSR count). The number of thioether (sulfide) groups is 5. The number of hydrogen-bond donors (Lipinski definition) is 2. The summed E-state index contributed by atoms with van der Waals surface area (Å²) < 4.78 is 0. The van der Waals surface area contributed by atoms with Crippen molar-refractivity contribution in [2.45, 2.75) is 229 Å². The highest BCUT2D eigenvalue weighted by atomic mass is 32.2. The van der Waals surface area contributed by atoms with Crippen LogP contribution >= 0.6 is 58.8 Å². The number of hydrogen-bond acceptors (Lipinski definition) is 7. The van der Waals surface area contributed by atoms with Crippen LogP contribution in [0.5, 0.6) is 11.5 Å². The van der Waals surface area contributed by atoms with Crippen LogP contribution in [-0.4, -0.2) is 63.2 Å². The van der Waals surface area contributed by atoms with Crippen molar-refractivity contribution in [3.05, 3.63) is 58.7 Å². The minimum atomic E-state index is 0.00862. The minimum Gasteiger partial charge on any atom is -0.508 e. The van der Waals surface area contributed by atoms with Crippen LogP contribution in [0, 0.1) is 0 Å². The number of aryl methyl sites for hydroxylation is 2. The molecule has 9 atom stereocenters. The molecule has 0 amide bonds. The first kappa shape index (κ1) is 46.3. The molecule has 0 radical (unpaired) electrons. The molecule has 6 aliphatic rings. The summed E-state index contributed by atoms with van der Waals surface area (Å²) in [6, 6.07) is 12.6. The highest BCUT2D eigenvalue weighted by molar-refractivity contribution is 8.09. The van der Waals surface area contributed by atoms with E-state index in [1.54, 1.807) is 0 Å². The molecule has 2 N–H and O–H groups in total. The molecule has 6 aliphatic heterocycles. The zero-order valence-corrected chi connectivity index (χ0v) is 40.8. The van der Waals surface area contributed by atoms with Crippen LogP contribution in [-0.2, 0) is 23.7 Å². The van der Waals surface area contributed by atoms with Crippen molar-refractivity contribution in [1.82, 2.24) is 0 Å². The Kier molecular flexibility index (Phi) is 17.6. The lowest BCUT2D eigenvalue weighted by molar-refractivity contribution is 0.445. The van der Waals surface area contributed by atoms with E-state index < -0.39 is 0 Å². The van der Waals surface area contributed by atoms with E-state index in [0.29, 0.717) is 11.5 Å². The van der Waals surface area contributed by atoms with E-state index in [9.17, 15) is 10.2 Å². The lowest BCUT2D eigenvalue weighted by Gasteiger charge is -2.50. The lowest BCUT2D eigenvalue weighted by atomic mass is 9.85. The predicted molar refractivity (Wildman–Crippen MR) is 262 cm³/mol. The number of fused-ring (bicyclic) bond motifs is 2. The van der Waals surface area contributed by atoms with Crippen molar-refractivity contribution in [3.8, 4) is 11.5 Å². The summed E-state index contributed by atoms with van der Waals surface area (Å²) in [6.07, 6.45) is 25.9. The van der Waals surface area contributed by atoms with Crippen molar-refractivity contribution < 1.29 is 10.2 Å². The van der Waals surface area contributed by atoms with Crippen molar-refractivity contribution in [3.63, 3.8) is 0 Å². The average molecular weight is 872 g/mol. The molecule has 320 valence electrons. The van der Waals surface area contributed by atoms with Gasteiger partial charge in [0.1, 0.15) is 11.5 Å². The highest BCUT2D eigenvalue weighted by Crippen LogP contribution is 2.57. The van der Waals surface area contributed by atoms with Crippen molar-refractivity contribution in [2.24, 2.45) is 0 Å². The molecule has 0 aromatic heterocycles. The molecule has 6 fully saturated rings. The zero-order valence-electron chi connectivity index (χ0n) is 36.7. The third-order valence-electron chi connectivity index (χ3n) is 13.0. The fraction of sp³-hybridized carbons (Fsp3) is 0.760. The molecule has 2 bridgehead atoms. The van der Waals surface area contributed by atoms with Gasteiger partial charge in [-0.05, 0) is 109 Å². The average Bonchev–Trinajstić information content (AvgIpc) is 4.05. The molecule has 2 aromatic carbocycles. The SMILES string of the molecule is CC(C)(C)c1ccc(CCCCCCCC2SC2CC2SC2CC2CS2)cc1O.CCCC1SC(CCCCCCCc2ccc(C(C)(C)C)c(O)c2)C2CC1S2. The standard InChI is InChI=1S/C25H38OS3.C25H40OS2/c1-25(2,3)19-12-11-17(13-20(19)26)9-7-5-4-6-8-10-21-23(28-21)15-24-22(29-24)14-18-16-27-18;1-5-11-21-23-17-24(28-23)22(27-21)13-10-8-6-7-9-12-18-14-15-19(20(26)16-18)25(2,3)4/h11-13,18,21-24,26H,4-10,14-16H2,1-3H3;14-16,21-24,26H,5-13,17H2,1-4H3. The van der Waals surface area contributed by atoms with Gasteiger partial charge >= 0.3 is 0 Å². The van der Waals surface area contributed by atoms with Gasteiger partial charge in [0, 0.05) is 53.0 Å². The second kappa shape index (κ2) is 21.7. The van der Waals surface area contributed by atoms with Gasteiger partial charge in [0.15, 0.2) is 0 Å². The van der Waals surface area contributed by atoms with E-state index in [2.05, 4.69) is 132 Å². The number of phenols is 2. The Morgan fingerprint density at radius 2 is 0.947 bits per heavy atom. The van der Waals surface area contributed by atoms with E-state index in [4.69, 9.17) is 0 Å². The molecule has 2 nitrogen and oxygen atoms in total. The van der Waals surface area contributed by atoms with Crippen LogP contribution in [0.25, 0.3) is 0 Å². The normalized spacial score (nSPS) is 28.6. The van der Waals surface area contributed by atoms with Gasteiger partial charge in [0.25, 0.3) is 0 Å². The number of rotatable bonds is 22. The predicted octanol–water partition coefficient (Wildman–Crippen LogP) is 15.2. The molecule has 2 aromatic rings.